The quantitative estimate of drug-likeness (QED) is 0.230. The van der Waals surface area contributed by atoms with Crippen LogP contribution in [0, 0.1) is 5.21 Å². The summed E-state index contributed by atoms with van der Waals surface area (Å²) in [6.07, 6.45) is 0. The summed E-state index contributed by atoms with van der Waals surface area (Å²) in [6.45, 7) is 0.153. The van der Waals surface area contributed by atoms with Crippen molar-refractivity contribution in [1.29, 1.82) is 0 Å². The van der Waals surface area contributed by atoms with E-state index in [1.165, 1.54) is 7.05 Å². The first-order chi connectivity index (χ1) is 3.27. The van der Waals surface area contributed by atoms with Crippen molar-refractivity contribution >= 4 is 0 Å². The van der Waals surface area contributed by atoms with Gasteiger partial charge < -0.3 is 0 Å². The van der Waals surface area contributed by atoms with Gasteiger partial charge in [0.1, 0.15) is 0 Å². The number of halogens is 1. The second kappa shape index (κ2) is 4.76. The summed E-state index contributed by atoms with van der Waals surface area (Å²) < 4.78 is 1.59. The van der Waals surface area contributed by atoms with Crippen LogP contribution in [0.5, 0.6) is 0 Å². The zero-order valence-electron chi connectivity index (χ0n) is 4.09. The molecule has 0 spiro atoms. The molecule has 0 aliphatic carbocycles. The molecule has 0 aromatic carbocycles. The Morgan fingerprint density at radius 3 is 2.57 bits per heavy atom. The molecule has 0 heterocycles. The van der Waals surface area contributed by atoms with E-state index in [1.807, 2.05) is 0 Å². The van der Waals surface area contributed by atoms with Crippen LogP contribution in [0.25, 0.3) is 0 Å². The standard InChI is InChI=1S/C3H8INO2/c1-5(7)4-2-3-6/h6H,2-3H2,1H3/q-2. The monoisotopic (exact) mass is 217 g/mol. The van der Waals surface area contributed by atoms with Gasteiger partial charge in [0.2, 0.25) is 0 Å². The third kappa shape index (κ3) is 6.61. The van der Waals surface area contributed by atoms with Crippen molar-refractivity contribution in [1.82, 2.24) is 3.28 Å². The fraction of sp³-hybridized carbons (Fsp3) is 1.00. The normalized spacial score (nSPS) is 10.9. The Morgan fingerprint density at radius 2 is 2.43 bits per heavy atom. The van der Waals surface area contributed by atoms with Gasteiger partial charge in [0.25, 0.3) is 0 Å². The van der Waals surface area contributed by atoms with E-state index in [0.29, 0.717) is 4.43 Å². The van der Waals surface area contributed by atoms with E-state index in [2.05, 4.69) is 0 Å². The maximum absolute atomic E-state index is 10.1. The van der Waals surface area contributed by atoms with Crippen LogP contribution < -0.4 is 21.5 Å². The molecule has 0 radical (unpaired) electrons. The SMILES string of the molecule is CN([O-])[I-]CCO. The van der Waals surface area contributed by atoms with Crippen LogP contribution in [0.2, 0.25) is 0 Å². The van der Waals surface area contributed by atoms with Crippen LogP contribution in [-0.2, 0) is 0 Å². The van der Waals surface area contributed by atoms with Crippen LogP contribution in [0.15, 0.2) is 0 Å². The van der Waals surface area contributed by atoms with E-state index in [4.69, 9.17) is 5.11 Å². The molecule has 46 valence electrons. The summed E-state index contributed by atoms with van der Waals surface area (Å²) >= 11 is -0.407. The Labute approximate surface area is 53.5 Å². The molecule has 0 aliphatic heterocycles. The van der Waals surface area contributed by atoms with Crippen molar-refractivity contribution in [3.8, 4) is 0 Å². The molecule has 0 bridgehead atoms. The Morgan fingerprint density at radius 1 is 1.86 bits per heavy atom. The Balaban J connectivity index is 2.68. The fourth-order valence-corrected chi connectivity index (χ4v) is 1.05. The molecule has 0 amide bonds. The second-order valence-corrected chi connectivity index (χ2v) is 4.07. The van der Waals surface area contributed by atoms with Crippen molar-refractivity contribution in [3.63, 3.8) is 0 Å². The maximum atomic E-state index is 10.1. The third-order valence-corrected chi connectivity index (χ3v) is 2.26. The average Bonchev–Trinajstić information content (AvgIpc) is 1.61. The Bertz CT molecular complexity index is 41.9. The van der Waals surface area contributed by atoms with Gasteiger partial charge in [0.15, 0.2) is 0 Å². The van der Waals surface area contributed by atoms with E-state index < -0.39 is 21.5 Å². The summed E-state index contributed by atoms with van der Waals surface area (Å²) in [4.78, 5) is 0. The number of aliphatic hydroxyl groups is 1. The summed E-state index contributed by atoms with van der Waals surface area (Å²) in [5.41, 5.74) is 0. The first-order valence-corrected chi connectivity index (χ1v) is 4.37. The summed E-state index contributed by atoms with van der Waals surface area (Å²) in [6, 6.07) is 0. The van der Waals surface area contributed by atoms with Gasteiger partial charge in [-0.3, -0.25) is 0 Å². The fourth-order valence-electron chi connectivity index (χ4n) is 0.157. The molecular formula is C3H8INO2-2. The summed E-state index contributed by atoms with van der Waals surface area (Å²) in [5, 5.41) is 18.2. The van der Waals surface area contributed by atoms with E-state index >= 15 is 0 Å². The molecule has 0 saturated carbocycles. The van der Waals surface area contributed by atoms with Crippen LogP contribution >= 0.6 is 0 Å². The average molecular weight is 217 g/mol. The van der Waals surface area contributed by atoms with E-state index in [9.17, 15) is 5.21 Å². The number of hydrogen-bond acceptors (Lipinski definition) is 3. The molecule has 7 heavy (non-hydrogen) atoms. The number of aliphatic hydroxyl groups excluding tert-OH is 1. The van der Waals surface area contributed by atoms with Crippen molar-refractivity contribution in [2.24, 2.45) is 0 Å². The van der Waals surface area contributed by atoms with Gasteiger partial charge in [0, 0.05) is 0 Å². The van der Waals surface area contributed by atoms with E-state index in [-0.39, 0.29) is 6.61 Å². The van der Waals surface area contributed by atoms with Crippen molar-refractivity contribution in [3.05, 3.63) is 5.21 Å². The molecule has 0 atom stereocenters. The van der Waals surface area contributed by atoms with Crippen molar-refractivity contribution in [2.45, 2.75) is 0 Å². The third-order valence-electron chi connectivity index (χ3n) is 0.337. The first-order valence-electron chi connectivity index (χ1n) is 1.88. The van der Waals surface area contributed by atoms with Gasteiger partial charge in [-0.2, -0.15) is 0 Å². The van der Waals surface area contributed by atoms with Gasteiger partial charge in [-0.05, 0) is 0 Å². The van der Waals surface area contributed by atoms with Gasteiger partial charge >= 0.3 is 53.2 Å². The molecule has 0 unspecified atom stereocenters. The summed E-state index contributed by atoms with van der Waals surface area (Å²) in [5.74, 6) is 0. The molecular weight excluding hydrogens is 209 g/mol. The Kier molecular flexibility index (Phi) is 5.18. The topological polar surface area (TPSA) is 46.5 Å². The molecule has 0 aromatic heterocycles. The molecule has 0 aromatic rings. The number of nitrogens with zero attached hydrogens (tertiary/aromatic N) is 1. The molecule has 4 heteroatoms. The van der Waals surface area contributed by atoms with Crippen LogP contribution in [0.3, 0.4) is 0 Å². The predicted molar refractivity (Wildman–Crippen MR) is 23.1 cm³/mol. The zero-order valence-corrected chi connectivity index (χ0v) is 6.25. The van der Waals surface area contributed by atoms with Gasteiger partial charge in [-0.15, -0.1) is 0 Å². The number of rotatable bonds is 3. The van der Waals surface area contributed by atoms with Crippen LogP contribution in [0.1, 0.15) is 0 Å². The molecule has 3 nitrogen and oxygen atoms in total. The zero-order chi connectivity index (χ0) is 5.70. The Hall–Kier alpha value is 0.610. The summed E-state index contributed by atoms with van der Waals surface area (Å²) in [7, 11) is 1.49. The van der Waals surface area contributed by atoms with Gasteiger partial charge in [0.05, 0.1) is 0 Å². The number of alkyl halides is 1. The predicted octanol–water partition coefficient (Wildman–Crippen LogP) is -3.59. The molecule has 0 fully saturated rings. The minimum atomic E-state index is -0.407. The van der Waals surface area contributed by atoms with Crippen molar-refractivity contribution < 1.29 is 26.6 Å². The molecule has 1 N–H and O–H groups in total. The molecule has 0 rings (SSSR count). The van der Waals surface area contributed by atoms with E-state index in [1.54, 1.807) is 0 Å². The second-order valence-electron chi connectivity index (χ2n) is 0.953. The minimum absolute atomic E-state index is 0.153. The van der Waals surface area contributed by atoms with Crippen LogP contribution in [0.4, 0.5) is 0 Å². The van der Waals surface area contributed by atoms with Gasteiger partial charge in [-0.1, -0.05) is 0 Å². The number of hydroxylamine groups is 1. The van der Waals surface area contributed by atoms with E-state index in [0.717, 1.165) is 3.28 Å². The first kappa shape index (κ1) is 7.61. The molecule has 0 aliphatic rings. The number of hydrogen-bond donors (Lipinski definition) is 1. The molecule has 0 saturated heterocycles. The van der Waals surface area contributed by atoms with Crippen LogP contribution in [-0.4, -0.2) is 26.5 Å². The van der Waals surface area contributed by atoms with Crippen molar-refractivity contribution in [2.75, 3.05) is 18.1 Å². The van der Waals surface area contributed by atoms with Gasteiger partial charge in [-0.25, -0.2) is 0 Å².